The predicted octanol–water partition coefficient (Wildman–Crippen LogP) is 2.90. The average Bonchev–Trinajstić information content (AvgIpc) is 2.39. The van der Waals surface area contributed by atoms with Crippen molar-refractivity contribution in [3.05, 3.63) is 28.8 Å². The van der Waals surface area contributed by atoms with E-state index >= 15 is 0 Å². The van der Waals surface area contributed by atoms with Crippen LogP contribution < -0.4 is 4.90 Å². The van der Waals surface area contributed by atoms with Gasteiger partial charge in [-0.3, -0.25) is 4.79 Å². The quantitative estimate of drug-likeness (QED) is 0.903. The minimum Gasteiger partial charge on any atom is -0.481 e. The second-order valence-corrected chi connectivity index (χ2v) is 5.56. The summed E-state index contributed by atoms with van der Waals surface area (Å²) in [6, 6.07) is 7.30. The maximum Gasteiger partial charge on any atom is 0.309 e. The molecule has 0 amide bonds. The van der Waals surface area contributed by atoms with Crippen molar-refractivity contribution in [2.24, 2.45) is 5.41 Å². The van der Waals surface area contributed by atoms with E-state index < -0.39 is 11.4 Å². The molecule has 1 N–H and O–H groups in total. The zero-order valence-electron chi connectivity index (χ0n) is 10.7. The number of hydrogen-bond donors (Lipinski definition) is 1. The number of benzene rings is 1. The first kappa shape index (κ1) is 13.7. The van der Waals surface area contributed by atoms with Crippen molar-refractivity contribution < 1.29 is 9.90 Å². The molecule has 1 aromatic rings. The number of carboxylic acid groups (broad SMARTS) is 1. The Kier molecular flexibility index (Phi) is 3.68. The van der Waals surface area contributed by atoms with Gasteiger partial charge in [-0.25, -0.2) is 0 Å². The zero-order valence-corrected chi connectivity index (χ0v) is 11.4. The molecular weight excluding hydrogens is 264 g/mol. The Bertz CT molecular complexity index is 543. The van der Waals surface area contributed by atoms with Crippen LogP contribution in [0.15, 0.2) is 18.2 Å². The smallest absolute Gasteiger partial charge is 0.309 e. The van der Waals surface area contributed by atoms with Crippen molar-refractivity contribution in [1.82, 2.24) is 0 Å². The van der Waals surface area contributed by atoms with E-state index in [9.17, 15) is 9.90 Å². The number of aliphatic carboxylic acids is 1. The maximum absolute atomic E-state index is 11.2. The van der Waals surface area contributed by atoms with Crippen LogP contribution in [-0.4, -0.2) is 24.2 Å². The molecule has 0 radical (unpaired) electrons. The number of halogens is 1. The highest BCUT2D eigenvalue weighted by Crippen LogP contribution is 2.35. The van der Waals surface area contributed by atoms with Crippen LogP contribution in [0.1, 0.15) is 25.3 Å². The van der Waals surface area contributed by atoms with Crippen LogP contribution in [0.5, 0.6) is 0 Å². The fraction of sp³-hybridized carbons (Fsp3) is 0.429. The van der Waals surface area contributed by atoms with Crippen LogP contribution in [-0.2, 0) is 4.79 Å². The van der Waals surface area contributed by atoms with E-state index in [1.54, 1.807) is 25.1 Å². The highest BCUT2D eigenvalue weighted by Gasteiger charge is 2.37. The summed E-state index contributed by atoms with van der Waals surface area (Å²) in [4.78, 5) is 13.2. The van der Waals surface area contributed by atoms with Gasteiger partial charge < -0.3 is 10.0 Å². The van der Waals surface area contributed by atoms with Crippen LogP contribution in [0.4, 0.5) is 5.69 Å². The molecule has 0 unspecified atom stereocenters. The van der Waals surface area contributed by atoms with E-state index in [-0.39, 0.29) is 0 Å². The first-order valence-electron chi connectivity index (χ1n) is 6.14. The molecule has 0 bridgehead atoms. The van der Waals surface area contributed by atoms with Crippen LogP contribution in [0.3, 0.4) is 0 Å². The molecule has 19 heavy (non-hydrogen) atoms. The zero-order chi connectivity index (χ0) is 14.0. The molecule has 100 valence electrons. The SMILES string of the molecule is CC1(C(=O)O)CCN(c2cc(Cl)ccc2C#N)CC1. The van der Waals surface area contributed by atoms with Crippen LogP contribution >= 0.6 is 11.6 Å². The number of carbonyl (C=O) groups is 1. The first-order chi connectivity index (χ1) is 8.96. The van der Waals surface area contributed by atoms with E-state index in [4.69, 9.17) is 16.9 Å². The highest BCUT2D eigenvalue weighted by atomic mass is 35.5. The lowest BCUT2D eigenvalue weighted by Crippen LogP contribution is -2.43. The Balaban J connectivity index is 2.21. The standard InChI is InChI=1S/C14H15ClN2O2/c1-14(13(18)19)4-6-17(7-5-14)12-8-11(15)3-2-10(12)9-16/h2-3,8H,4-7H2,1H3,(H,18,19). The first-order valence-corrected chi connectivity index (χ1v) is 6.52. The molecule has 2 rings (SSSR count). The highest BCUT2D eigenvalue weighted by molar-refractivity contribution is 6.30. The Labute approximate surface area is 117 Å². The number of hydrogen-bond acceptors (Lipinski definition) is 3. The van der Waals surface area contributed by atoms with E-state index in [0.29, 0.717) is 36.5 Å². The summed E-state index contributed by atoms with van der Waals surface area (Å²) in [5, 5.41) is 18.9. The molecule has 0 aromatic heterocycles. The molecular formula is C14H15ClN2O2. The van der Waals surface area contributed by atoms with Gasteiger partial charge in [-0.05, 0) is 38.0 Å². The number of rotatable bonds is 2. The largest absolute Gasteiger partial charge is 0.481 e. The lowest BCUT2D eigenvalue weighted by Gasteiger charge is -2.38. The lowest BCUT2D eigenvalue weighted by atomic mass is 9.80. The molecule has 0 aliphatic carbocycles. The molecule has 1 aliphatic heterocycles. The van der Waals surface area contributed by atoms with Gasteiger partial charge in [0, 0.05) is 18.1 Å². The fourth-order valence-electron chi connectivity index (χ4n) is 2.32. The normalized spacial score (nSPS) is 17.8. The fourth-order valence-corrected chi connectivity index (χ4v) is 2.48. The Morgan fingerprint density at radius 2 is 2.11 bits per heavy atom. The van der Waals surface area contributed by atoms with Gasteiger partial charge in [0.05, 0.1) is 16.7 Å². The number of piperidine rings is 1. The Morgan fingerprint density at radius 3 is 2.63 bits per heavy atom. The second-order valence-electron chi connectivity index (χ2n) is 5.13. The Hall–Kier alpha value is -1.73. The number of nitriles is 1. The number of nitrogens with zero attached hydrogens (tertiary/aromatic N) is 2. The Morgan fingerprint density at radius 1 is 1.47 bits per heavy atom. The minimum atomic E-state index is -0.751. The van der Waals surface area contributed by atoms with Crippen LogP contribution in [0.25, 0.3) is 0 Å². The molecule has 0 atom stereocenters. The molecule has 1 aromatic carbocycles. The summed E-state index contributed by atoms with van der Waals surface area (Å²) in [6.07, 6.45) is 1.14. The van der Waals surface area contributed by atoms with Crippen molar-refractivity contribution in [2.45, 2.75) is 19.8 Å². The molecule has 1 saturated heterocycles. The molecule has 0 spiro atoms. The third-order valence-corrected chi connectivity index (χ3v) is 4.04. The second kappa shape index (κ2) is 5.10. The summed E-state index contributed by atoms with van der Waals surface area (Å²) >= 11 is 5.97. The third kappa shape index (κ3) is 2.66. The van der Waals surface area contributed by atoms with Gasteiger partial charge in [-0.15, -0.1) is 0 Å². The van der Waals surface area contributed by atoms with Gasteiger partial charge in [-0.1, -0.05) is 11.6 Å². The summed E-state index contributed by atoms with van der Waals surface area (Å²) in [5.41, 5.74) is 0.702. The van der Waals surface area contributed by atoms with Crippen molar-refractivity contribution in [1.29, 1.82) is 5.26 Å². The molecule has 0 saturated carbocycles. The van der Waals surface area contributed by atoms with E-state index in [2.05, 4.69) is 6.07 Å². The van der Waals surface area contributed by atoms with Crippen LogP contribution in [0.2, 0.25) is 5.02 Å². The van der Waals surface area contributed by atoms with Crippen LogP contribution in [0, 0.1) is 16.7 Å². The van der Waals surface area contributed by atoms with E-state index in [1.807, 2.05) is 4.90 Å². The minimum absolute atomic E-state index is 0.569. The maximum atomic E-state index is 11.2. The van der Waals surface area contributed by atoms with Gasteiger partial charge in [0.1, 0.15) is 6.07 Å². The van der Waals surface area contributed by atoms with Crippen molar-refractivity contribution >= 4 is 23.3 Å². The van der Waals surface area contributed by atoms with Crippen molar-refractivity contribution in [3.8, 4) is 6.07 Å². The average molecular weight is 279 g/mol. The van der Waals surface area contributed by atoms with Gasteiger partial charge in [0.25, 0.3) is 0 Å². The molecule has 1 heterocycles. The lowest BCUT2D eigenvalue weighted by molar-refractivity contribution is -0.149. The topological polar surface area (TPSA) is 64.3 Å². The molecule has 4 nitrogen and oxygen atoms in total. The van der Waals surface area contributed by atoms with E-state index in [0.717, 1.165) is 5.69 Å². The van der Waals surface area contributed by atoms with Gasteiger partial charge >= 0.3 is 5.97 Å². The van der Waals surface area contributed by atoms with Gasteiger partial charge in [-0.2, -0.15) is 5.26 Å². The van der Waals surface area contributed by atoms with Gasteiger partial charge in [0.15, 0.2) is 0 Å². The summed E-state index contributed by atoms with van der Waals surface area (Å²) < 4.78 is 0. The van der Waals surface area contributed by atoms with Crippen molar-refractivity contribution in [2.75, 3.05) is 18.0 Å². The third-order valence-electron chi connectivity index (χ3n) is 3.80. The summed E-state index contributed by atoms with van der Waals surface area (Å²) in [7, 11) is 0. The predicted molar refractivity (Wildman–Crippen MR) is 73.4 cm³/mol. The summed E-state index contributed by atoms with van der Waals surface area (Å²) in [6.45, 7) is 3.02. The number of anilines is 1. The summed E-state index contributed by atoms with van der Waals surface area (Å²) in [5.74, 6) is -0.751. The van der Waals surface area contributed by atoms with Gasteiger partial charge in [0.2, 0.25) is 0 Å². The van der Waals surface area contributed by atoms with E-state index in [1.165, 1.54) is 0 Å². The number of carboxylic acids is 1. The van der Waals surface area contributed by atoms with Crippen molar-refractivity contribution in [3.63, 3.8) is 0 Å². The molecule has 5 heteroatoms. The molecule has 1 aliphatic rings. The molecule has 1 fully saturated rings. The monoisotopic (exact) mass is 278 g/mol.